The molecule has 2 aliphatic heterocycles. The molecular formula is C20H33N3O4. The van der Waals surface area contributed by atoms with Gasteiger partial charge >= 0.3 is 6.03 Å². The monoisotopic (exact) mass is 379 g/mol. The van der Waals surface area contributed by atoms with E-state index in [0.717, 1.165) is 37.8 Å². The Kier molecular flexibility index (Phi) is 5.99. The molecule has 2 N–H and O–H groups in total. The first-order chi connectivity index (χ1) is 13.1. The third kappa shape index (κ3) is 4.63. The molecule has 7 nitrogen and oxygen atoms in total. The van der Waals surface area contributed by atoms with E-state index in [4.69, 9.17) is 9.47 Å². The van der Waals surface area contributed by atoms with Gasteiger partial charge in [0.1, 0.15) is 0 Å². The maximum Gasteiger partial charge on any atom is 0.321 e. The fourth-order valence-electron chi connectivity index (χ4n) is 5.73. The van der Waals surface area contributed by atoms with Crippen molar-refractivity contribution >= 4 is 11.9 Å². The van der Waals surface area contributed by atoms with Gasteiger partial charge in [-0.3, -0.25) is 15.0 Å². The lowest BCUT2D eigenvalue weighted by molar-refractivity contribution is -0.124. The highest BCUT2D eigenvalue weighted by Gasteiger charge is 2.42. The van der Waals surface area contributed by atoms with Gasteiger partial charge in [-0.05, 0) is 63.3 Å². The van der Waals surface area contributed by atoms with Crippen molar-refractivity contribution in [2.75, 3.05) is 32.8 Å². The van der Waals surface area contributed by atoms with Gasteiger partial charge in [-0.1, -0.05) is 6.42 Å². The van der Waals surface area contributed by atoms with Crippen LogP contribution in [0.4, 0.5) is 4.79 Å². The van der Waals surface area contributed by atoms with Crippen molar-refractivity contribution in [3.63, 3.8) is 0 Å². The van der Waals surface area contributed by atoms with Crippen molar-refractivity contribution in [1.29, 1.82) is 0 Å². The highest BCUT2D eigenvalue weighted by Crippen LogP contribution is 2.49. The Morgan fingerprint density at radius 3 is 2.63 bits per heavy atom. The Hall–Kier alpha value is -1.18. The lowest BCUT2D eigenvalue weighted by Crippen LogP contribution is -2.50. The van der Waals surface area contributed by atoms with Crippen LogP contribution in [0.5, 0.6) is 0 Å². The summed E-state index contributed by atoms with van der Waals surface area (Å²) in [6, 6.07) is -0.226. The van der Waals surface area contributed by atoms with Gasteiger partial charge < -0.3 is 14.8 Å². The third-order valence-electron chi connectivity index (χ3n) is 6.99. The number of hydrogen-bond donors (Lipinski definition) is 2. The molecule has 0 spiro atoms. The number of rotatable bonds is 5. The van der Waals surface area contributed by atoms with Gasteiger partial charge in [0.15, 0.2) is 6.29 Å². The first-order valence-electron chi connectivity index (χ1n) is 10.6. The minimum atomic E-state index is -0.355. The SMILES string of the molecule is CC(NC(=O)NC(=O)CN1CCCC(C2OCCO2)C1)C1CC2CCC1C2. The van der Waals surface area contributed by atoms with Crippen molar-refractivity contribution in [2.45, 2.75) is 57.8 Å². The first kappa shape index (κ1) is 19.2. The number of ether oxygens (including phenoxy) is 2. The van der Waals surface area contributed by atoms with Gasteiger partial charge in [-0.25, -0.2) is 4.79 Å². The quantitative estimate of drug-likeness (QED) is 0.760. The van der Waals surface area contributed by atoms with Crippen LogP contribution >= 0.6 is 0 Å². The molecule has 4 aliphatic rings. The molecule has 0 aromatic heterocycles. The van der Waals surface area contributed by atoms with Gasteiger partial charge in [0.05, 0.1) is 19.8 Å². The van der Waals surface area contributed by atoms with E-state index in [1.54, 1.807) is 0 Å². The summed E-state index contributed by atoms with van der Waals surface area (Å²) in [6.45, 7) is 5.29. The van der Waals surface area contributed by atoms with Crippen LogP contribution in [0.1, 0.15) is 45.4 Å². The Bertz CT molecular complexity index is 551. The molecule has 3 amide bonds. The molecule has 7 heteroatoms. The summed E-state index contributed by atoms with van der Waals surface area (Å²) in [6.07, 6.45) is 7.14. The number of urea groups is 1. The second-order valence-corrected chi connectivity index (χ2v) is 8.90. The van der Waals surface area contributed by atoms with Crippen molar-refractivity contribution in [3.05, 3.63) is 0 Å². The number of imide groups is 1. The van der Waals surface area contributed by atoms with Gasteiger partial charge in [-0.15, -0.1) is 0 Å². The van der Waals surface area contributed by atoms with Crippen LogP contribution in [0.15, 0.2) is 0 Å². The van der Waals surface area contributed by atoms with Gasteiger partial charge in [0.25, 0.3) is 0 Å². The lowest BCUT2D eigenvalue weighted by Gasteiger charge is -2.34. The summed E-state index contributed by atoms with van der Waals surface area (Å²) in [5.74, 6) is 2.25. The van der Waals surface area contributed by atoms with Crippen molar-refractivity contribution in [1.82, 2.24) is 15.5 Å². The average Bonchev–Trinajstić information content (AvgIpc) is 3.39. The van der Waals surface area contributed by atoms with E-state index < -0.39 is 0 Å². The molecule has 4 fully saturated rings. The average molecular weight is 380 g/mol. The van der Waals surface area contributed by atoms with E-state index >= 15 is 0 Å². The molecule has 2 bridgehead atoms. The number of nitrogens with one attached hydrogen (secondary N) is 2. The number of fused-ring (bicyclic) bond motifs is 2. The zero-order chi connectivity index (χ0) is 18.8. The van der Waals surface area contributed by atoms with Crippen LogP contribution in [0.3, 0.4) is 0 Å². The second-order valence-electron chi connectivity index (χ2n) is 8.90. The van der Waals surface area contributed by atoms with E-state index in [9.17, 15) is 9.59 Å². The number of hydrogen-bond acceptors (Lipinski definition) is 5. The smallest absolute Gasteiger partial charge is 0.321 e. The predicted octanol–water partition coefficient (Wildman–Crippen LogP) is 1.72. The number of likely N-dealkylation sites (tertiary alicyclic amines) is 1. The minimum absolute atomic E-state index is 0.129. The van der Waals surface area contributed by atoms with Crippen LogP contribution in [0.2, 0.25) is 0 Å². The van der Waals surface area contributed by atoms with Crippen molar-refractivity contribution in [2.24, 2.45) is 23.7 Å². The van der Waals surface area contributed by atoms with Crippen molar-refractivity contribution < 1.29 is 19.1 Å². The third-order valence-corrected chi connectivity index (χ3v) is 6.99. The highest BCUT2D eigenvalue weighted by molar-refractivity contribution is 5.95. The van der Waals surface area contributed by atoms with Crippen molar-refractivity contribution in [3.8, 4) is 0 Å². The van der Waals surface area contributed by atoms with Gasteiger partial charge in [0, 0.05) is 18.5 Å². The highest BCUT2D eigenvalue weighted by atomic mass is 16.7. The molecule has 2 saturated carbocycles. The molecular weight excluding hydrogens is 346 g/mol. The second kappa shape index (κ2) is 8.45. The summed E-state index contributed by atoms with van der Waals surface area (Å²) < 4.78 is 11.2. The van der Waals surface area contributed by atoms with E-state index in [0.29, 0.717) is 25.0 Å². The van der Waals surface area contributed by atoms with E-state index in [-0.39, 0.29) is 30.8 Å². The normalized spacial score (nSPS) is 35.3. The number of carbonyl (C=O) groups excluding carboxylic acids is 2. The van der Waals surface area contributed by atoms with Crippen LogP contribution in [0.25, 0.3) is 0 Å². The standard InChI is InChI=1S/C20H33N3O4/c1-13(17-10-14-4-5-15(17)9-14)21-20(25)22-18(24)12-23-6-2-3-16(11-23)19-26-7-8-27-19/h13-17,19H,2-12H2,1H3,(H2,21,22,24,25). The maximum atomic E-state index is 12.3. The van der Waals surface area contributed by atoms with E-state index in [2.05, 4.69) is 22.5 Å². The predicted molar refractivity (Wildman–Crippen MR) is 99.9 cm³/mol. The number of amides is 3. The molecule has 152 valence electrons. The Balaban J connectivity index is 1.19. The topological polar surface area (TPSA) is 79.9 Å². The molecule has 2 saturated heterocycles. The van der Waals surface area contributed by atoms with E-state index in [1.807, 2.05) is 0 Å². The lowest BCUT2D eigenvalue weighted by atomic mass is 9.84. The van der Waals surface area contributed by atoms with Gasteiger partial charge in [0.2, 0.25) is 5.91 Å². The molecule has 4 rings (SSSR count). The number of piperidine rings is 1. The summed E-state index contributed by atoms with van der Waals surface area (Å²) in [5, 5.41) is 5.52. The largest absolute Gasteiger partial charge is 0.350 e. The van der Waals surface area contributed by atoms with Crippen LogP contribution in [0, 0.1) is 23.7 Å². The zero-order valence-corrected chi connectivity index (χ0v) is 16.3. The minimum Gasteiger partial charge on any atom is -0.350 e. The summed E-state index contributed by atoms with van der Waals surface area (Å²) in [4.78, 5) is 26.6. The Labute approximate surface area is 161 Å². The first-order valence-corrected chi connectivity index (χ1v) is 10.6. The maximum absolute atomic E-state index is 12.3. The molecule has 0 aromatic carbocycles. The fraction of sp³-hybridized carbons (Fsp3) is 0.900. The Morgan fingerprint density at radius 1 is 1.11 bits per heavy atom. The van der Waals surface area contributed by atoms with Crippen LogP contribution in [-0.4, -0.2) is 62.0 Å². The zero-order valence-electron chi connectivity index (χ0n) is 16.3. The van der Waals surface area contributed by atoms with Crippen LogP contribution in [-0.2, 0) is 14.3 Å². The molecule has 0 radical (unpaired) electrons. The molecule has 5 atom stereocenters. The van der Waals surface area contributed by atoms with Crippen LogP contribution < -0.4 is 10.6 Å². The summed E-state index contributed by atoms with van der Waals surface area (Å²) >= 11 is 0. The summed E-state index contributed by atoms with van der Waals surface area (Å²) in [5.41, 5.74) is 0. The molecule has 27 heavy (non-hydrogen) atoms. The van der Waals surface area contributed by atoms with E-state index in [1.165, 1.54) is 25.7 Å². The molecule has 0 aromatic rings. The fourth-order valence-corrected chi connectivity index (χ4v) is 5.73. The molecule has 5 unspecified atom stereocenters. The van der Waals surface area contributed by atoms with Gasteiger partial charge in [-0.2, -0.15) is 0 Å². The molecule has 2 aliphatic carbocycles. The molecule has 2 heterocycles. The number of carbonyl (C=O) groups is 2. The summed E-state index contributed by atoms with van der Waals surface area (Å²) in [7, 11) is 0. The number of nitrogens with zero attached hydrogens (tertiary/aromatic N) is 1. The Morgan fingerprint density at radius 2 is 1.93 bits per heavy atom.